The second-order valence-electron chi connectivity index (χ2n) is 4.70. The van der Waals surface area contributed by atoms with Crippen LogP contribution in [-0.2, 0) is 0 Å². The van der Waals surface area contributed by atoms with E-state index in [9.17, 15) is 0 Å². The number of thiophene rings is 1. The topological polar surface area (TPSA) is 47.3 Å². The van der Waals surface area contributed by atoms with Gasteiger partial charge in [0.05, 0.1) is 13.2 Å². The number of hydrogen-bond acceptors (Lipinski definition) is 4. The molecule has 0 saturated carbocycles. The first-order valence-electron chi connectivity index (χ1n) is 6.24. The van der Waals surface area contributed by atoms with Crippen molar-refractivity contribution in [2.45, 2.75) is 26.8 Å². The van der Waals surface area contributed by atoms with Crippen molar-refractivity contribution in [2.24, 2.45) is 5.84 Å². The number of ether oxygens (including phenoxy) is 1. The van der Waals surface area contributed by atoms with Gasteiger partial charge in [-0.05, 0) is 48.9 Å². The van der Waals surface area contributed by atoms with Crippen LogP contribution in [0.15, 0.2) is 23.6 Å². The summed E-state index contributed by atoms with van der Waals surface area (Å²) in [6.07, 6.45) is 0. The van der Waals surface area contributed by atoms with Crippen molar-refractivity contribution in [3.63, 3.8) is 0 Å². The molecule has 1 aromatic carbocycles. The minimum Gasteiger partial charge on any atom is -0.496 e. The number of hydrogen-bond donors (Lipinski definition) is 2. The number of hydrazine groups is 1. The first-order chi connectivity index (χ1) is 9.10. The van der Waals surface area contributed by atoms with Crippen LogP contribution in [0.25, 0.3) is 0 Å². The van der Waals surface area contributed by atoms with Crippen LogP contribution in [0.3, 0.4) is 0 Å². The number of benzene rings is 1. The number of rotatable bonds is 4. The molecule has 1 aromatic heterocycles. The maximum absolute atomic E-state index is 5.78. The fourth-order valence-corrected chi connectivity index (χ4v) is 3.30. The van der Waals surface area contributed by atoms with Crippen molar-refractivity contribution < 1.29 is 4.74 Å². The van der Waals surface area contributed by atoms with Gasteiger partial charge < -0.3 is 4.74 Å². The summed E-state index contributed by atoms with van der Waals surface area (Å²) in [4.78, 5) is 1.23. The molecule has 2 rings (SSSR count). The molecule has 0 saturated heterocycles. The summed E-state index contributed by atoms with van der Waals surface area (Å²) < 4.78 is 5.59. The Hall–Kier alpha value is -1.36. The van der Waals surface area contributed by atoms with Gasteiger partial charge in [0.2, 0.25) is 0 Å². The third kappa shape index (κ3) is 2.52. The summed E-state index contributed by atoms with van der Waals surface area (Å²) >= 11 is 1.71. The highest BCUT2D eigenvalue weighted by Crippen LogP contribution is 2.36. The molecule has 0 radical (unpaired) electrons. The molecule has 0 aliphatic heterocycles. The molecule has 2 aromatic rings. The molecule has 4 heteroatoms. The third-order valence-corrected chi connectivity index (χ3v) is 4.64. The van der Waals surface area contributed by atoms with Crippen LogP contribution in [0.2, 0.25) is 0 Å². The lowest BCUT2D eigenvalue weighted by molar-refractivity contribution is 0.401. The maximum Gasteiger partial charge on any atom is 0.127 e. The van der Waals surface area contributed by atoms with Crippen LogP contribution in [0.4, 0.5) is 0 Å². The molecule has 0 fully saturated rings. The van der Waals surface area contributed by atoms with Crippen molar-refractivity contribution in [1.29, 1.82) is 0 Å². The van der Waals surface area contributed by atoms with Gasteiger partial charge in [0.15, 0.2) is 0 Å². The smallest absolute Gasteiger partial charge is 0.127 e. The van der Waals surface area contributed by atoms with E-state index in [1.165, 1.54) is 16.0 Å². The molecule has 0 aliphatic carbocycles. The monoisotopic (exact) mass is 276 g/mol. The zero-order chi connectivity index (χ0) is 14.0. The summed E-state index contributed by atoms with van der Waals surface area (Å²) in [5.74, 6) is 6.69. The SMILES string of the molecule is COc1c(C(NN)c2sccc2C)ccc(C)c1C. The van der Waals surface area contributed by atoms with Crippen molar-refractivity contribution in [3.05, 3.63) is 50.7 Å². The van der Waals surface area contributed by atoms with Gasteiger partial charge in [0.1, 0.15) is 5.75 Å². The van der Waals surface area contributed by atoms with Crippen LogP contribution in [-0.4, -0.2) is 7.11 Å². The first kappa shape index (κ1) is 14.1. The van der Waals surface area contributed by atoms with E-state index in [0.29, 0.717) is 0 Å². The molecular formula is C15H20N2OS. The summed E-state index contributed by atoms with van der Waals surface area (Å²) in [5, 5.41) is 2.09. The Balaban J connectivity index is 2.56. The quantitative estimate of drug-likeness (QED) is 0.666. The molecular weight excluding hydrogens is 256 g/mol. The number of methoxy groups -OCH3 is 1. The van der Waals surface area contributed by atoms with Gasteiger partial charge in [-0.1, -0.05) is 12.1 Å². The Morgan fingerprint density at radius 1 is 1.16 bits per heavy atom. The number of nitrogens with two attached hydrogens (primary N) is 1. The normalized spacial score (nSPS) is 12.5. The predicted molar refractivity (Wildman–Crippen MR) is 80.7 cm³/mol. The van der Waals surface area contributed by atoms with Crippen LogP contribution in [0.5, 0.6) is 5.75 Å². The van der Waals surface area contributed by atoms with Gasteiger partial charge in [0.25, 0.3) is 0 Å². The van der Waals surface area contributed by atoms with E-state index in [4.69, 9.17) is 10.6 Å². The lowest BCUT2D eigenvalue weighted by atomic mass is 9.97. The third-order valence-electron chi connectivity index (χ3n) is 3.55. The second kappa shape index (κ2) is 5.74. The van der Waals surface area contributed by atoms with Gasteiger partial charge in [-0.15, -0.1) is 11.3 Å². The molecule has 0 aliphatic rings. The van der Waals surface area contributed by atoms with E-state index in [2.05, 4.69) is 49.8 Å². The molecule has 1 unspecified atom stereocenters. The Bertz CT molecular complexity index is 578. The van der Waals surface area contributed by atoms with Crippen LogP contribution in [0, 0.1) is 20.8 Å². The van der Waals surface area contributed by atoms with Crippen LogP contribution < -0.4 is 16.0 Å². The summed E-state index contributed by atoms with van der Waals surface area (Å²) in [5.41, 5.74) is 7.62. The van der Waals surface area contributed by atoms with Gasteiger partial charge in [-0.25, -0.2) is 5.43 Å². The first-order valence-corrected chi connectivity index (χ1v) is 7.12. The van der Waals surface area contributed by atoms with Crippen molar-refractivity contribution in [2.75, 3.05) is 7.11 Å². The minimum atomic E-state index is -0.0331. The fraction of sp³-hybridized carbons (Fsp3) is 0.333. The average Bonchev–Trinajstić information content (AvgIpc) is 2.81. The standard InChI is InChI=1S/C15H20N2OS/c1-9-5-6-12(14(18-4)11(9)3)13(17-16)15-10(2)7-8-19-15/h5-8,13,17H,16H2,1-4H3. The van der Waals surface area contributed by atoms with Crippen LogP contribution >= 0.6 is 11.3 Å². The highest BCUT2D eigenvalue weighted by molar-refractivity contribution is 7.10. The van der Waals surface area contributed by atoms with Gasteiger partial charge in [0, 0.05) is 10.4 Å². The van der Waals surface area contributed by atoms with E-state index in [1.54, 1.807) is 18.4 Å². The fourth-order valence-electron chi connectivity index (χ4n) is 2.30. The van der Waals surface area contributed by atoms with E-state index < -0.39 is 0 Å². The zero-order valence-electron chi connectivity index (χ0n) is 11.8. The Kier molecular flexibility index (Phi) is 4.24. The van der Waals surface area contributed by atoms with Crippen molar-refractivity contribution in [1.82, 2.24) is 5.43 Å². The maximum atomic E-state index is 5.78. The molecule has 0 spiro atoms. The number of nitrogens with one attached hydrogen (secondary N) is 1. The Labute approximate surface area is 118 Å². The molecule has 1 heterocycles. The summed E-state index contributed by atoms with van der Waals surface area (Å²) in [6.45, 7) is 6.26. The second-order valence-corrected chi connectivity index (χ2v) is 5.65. The molecule has 0 bridgehead atoms. The van der Waals surface area contributed by atoms with E-state index in [1.807, 2.05) is 0 Å². The highest BCUT2D eigenvalue weighted by Gasteiger charge is 2.21. The van der Waals surface area contributed by atoms with Gasteiger partial charge in [-0.3, -0.25) is 5.84 Å². The highest BCUT2D eigenvalue weighted by atomic mass is 32.1. The molecule has 3 nitrogen and oxygen atoms in total. The van der Waals surface area contributed by atoms with Gasteiger partial charge in [-0.2, -0.15) is 0 Å². The van der Waals surface area contributed by atoms with Crippen molar-refractivity contribution in [3.8, 4) is 5.75 Å². The predicted octanol–water partition coefficient (Wildman–Crippen LogP) is 3.23. The Morgan fingerprint density at radius 2 is 1.89 bits per heavy atom. The summed E-state index contributed by atoms with van der Waals surface area (Å²) in [7, 11) is 1.71. The minimum absolute atomic E-state index is 0.0331. The lowest BCUT2D eigenvalue weighted by Crippen LogP contribution is -2.29. The molecule has 0 amide bonds. The van der Waals surface area contributed by atoms with E-state index >= 15 is 0 Å². The lowest BCUT2D eigenvalue weighted by Gasteiger charge is -2.21. The molecule has 3 N–H and O–H groups in total. The van der Waals surface area contributed by atoms with E-state index in [-0.39, 0.29) is 6.04 Å². The average molecular weight is 276 g/mol. The molecule has 19 heavy (non-hydrogen) atoms. The molecule has 1 atom stereocenters. The van der Waals surface area contributed by atoms with E-state index in [0.717, 1.165) is 16.9 Å². The summed E-state index contributed by atoms with van der Waals surface area (Å²) in [6, 6.07) is 6.28. The largest absolute Gasteiger partial charge is 0.496 e. The zero-order valence-corrected chi connectivity index (χ0v) is 12.6. The Morgan fingerprint density at radius 3 is 2.42 bits per heavy atom. The number of aryl methyl sites for hydroxylation is 2. The van der Waals surface area contributed by atoms with Crippen LogP contribution in [0.1, 0.15) is 33.2 Å². The molecule has 102 valence electrons. The van der Waals surface area contributed by atoms with Gasteiger partial charge >= 0.3 is 0 Å². The van der Waals surface area contributed by atoms with Crippen molar-refractivity contribution >= 4 is 11.3 Å².